The normalized spacial score (nSPS) is 45.0. The minimum absolute atomic E-state index is 0.0928. The van der Waals surface area contributed by atoms with Crippen molar-refractivity contribution in [2.75, 3.05) is 0 Å². The molecular weight excluding hydrogens is 114 g/mol. The zero-order valence-corrected chi connectivity index (χ0v) is 5.88. The van der Waals surface area contributed by atoms with Crippen molar-refractivity contribution in [1.29, 1.82) is 0 Å². The minimum Gasteiger partial charge on any atom is -0.393 e. The smallest absolute Gasteiger partial charge is 0.0566 e. The maximum Gasteiger partial charge on any atom is 0.0566 e. The van der Waals surface area contributed by atoms with Crippen LogP contribution < -0.4 is 5.73 Å². The Balaban J connectivity index is 2.35. The van der Waals surface area contributed by atoms with E-state index in [1.54, 1.807) is 0 Å². The average molecular weight is 129 g/mol. The summed E-state index contributed by atoms with van der Waals surface area (Å²) >= 11 is 0. The molecule has 0 amide bonds. The van der Waals surface area contributed by atoms with Crippen LogP contribution in [0, 0.1) is 5.92 Å². The summed E-state index contributed by atoms with van der Waals surface area (Å²) in [7, 11) is 0. The third-order valence-electron chi connectivity index (χ3n) is 2.16. The molecule has 1 unspecified atom stereocenters. The Bertz CT molecular complexity index is 94.9. The van der Waals surface area contributed by atoms with Crippen LogP contribution >= 0.6 is 0 Å². The van der Waals surface area contributed by atoms with E-state index in [9.17, 15) is 5.11 Å². The molecular formula is C7H15NO. The van der Waals surface area contributed by atoms with Crippen LogP contribution in [0.5, 0.6) is 0 Å². The molecule has 1 rings (SSSR count). The van der Waals surface area contributed by atoms with E-state index in [0.29, 0.717) is 12.0 Å². The number of nitrogens with two attached hydrogens (primary N) is 1. The van der Waals surface area contributed by atoms with Gasteiger partial charge in [0, 0.05) is 6.04 Å². The SMILES string of the molecule is C[C@@H]1C[C@@H](N)CCC1O. The van der Waals surface area contributed by atoms with Crippen molar-refractivity contribution < 1.29 is 5.11 Å². The van der Waals surface area contributed by atoms with E-state index in [1.165, 1.54) is 0 Å². The molecule has 3 atom stereocenters. The largest absolute Gasteiger partial charge is 0.393 e. The van der Waals surface area contributed by atoms with Crippen molar-refractivity contribution in [2.45, 2.75) is 38.3 Å². The van der Waals surface area contributed by atoms with Crippen molar-refractivity contribution in [1.82, 2.24) is 0 Å². The van der Waals surface area contributed by atoms with Gasteiger partial charge < -0.3 is 10.8 Å². The van der Waals surface area contributed by atoms with Crippen LogP contribution in [0.25, 0.3) is 0 Å². The van der Waals surface area contributed by atoms with Crippen LogP contribution in [0.3, 0.4) is 0 Å². The van der Waals surface area contributed by atoms with Crippen molar-refractivity contribution in [3.63, 3.8) is 0 Å². The highest BCUT2D eigenvalue weighted by Gasteiger charge is 2.22. The van der Waals surface area contributed by atoms with Gasteiger partial charge in [0.05, 0.1) is 6.10 Å². The lowest BCUT2D eigenvalue weighted by atomic mass is 9.85. The lowest BCUT2D eigenvalue weighted by Gasteiger charge is -2.28. The maximum atomic E-state index is 9.24. The van der Waals surface area contributed by atoms with Gasteiger partial charge in [-0.2, -0.15) is 0 Å². The monoisotopic (exact) mass is 129 g/mol. The number of rotatable bonds is 0. The van der Waals surface area contributed by atoms with Crippen LogP contribution in [-0.2, 0) is 0 Å². The summed E-state index contributed by atoms with van der Waals surface area (Å²) in [6.07, 6.45) is 2.78. The molecule has 0 aromatic carbocycles. The number of hydrogen-bond donors (Lipinski definition) is 2. The predicted octanol–water partition coefficient (Wildman–Crippen LogP) is 0.495. The van der Waals surface area contributed by atoms with Crippen molar-refractivity contribution in [3.8, 4) is 0 Å². The number of aliphatic hydroxyl groups is 1. The molecule has 1 aliphatic carbocycles. The summed E-state index contributed by atoms with van der Waals surface area (Å²) in [5.41, 5.74) is 5.68. The molecule has 1 saturated carbocycles. The molecule has 0 aromatic heterocycles. The highest BCUT2D eigenvalue weighted by atomic mass is 16.3. The van der Waals surface area contributed by atoms with Gasteiger partial charge in [0.25, 0.3) is 0 Å². The fourth-order valence-electron chi connectivity index (χ4n) is 1.42. The summed E-state index contributed by atoms with van der Waals surface area (Å²) < 4.78 is 0. The highest BCUT2D eigenvalue weighted by molar-refractivity contribution is 4.78. The van der Waals surface area contributed by atoms with Gasteiger partial charge in [0.1, 0.15) is 0 Å². The lowest BCUT2D eigenvalue weighted by molar-refractivity contribution is 0.0721. The van der Waals surface area contributed by atoms with E-state index in [2.05, 4.69) is 6.92 Å². The number of hydrogen-bond acceptors (Lipinski definition) is 2. The van der Waals surface area contributed by atoms with Crippen molar-refractivity contribution in [2.24, 2.45) is 11.7 Å². The first-order chi connectivity index (χ1) is 4.20. The van der Waals surface area contributed by atoms with Gasteiger partial charge in [0.15, 0.2) is 0 Å². The van der Waals surface area contributed by atoms with Gasteiger partial charge in [-0.25, -0.2) is 0 Å². The Morgan fingerprint density at radius 2 is 2.11 bits per heavy atom. The van der Waals surface area contributed by atoms with Gasteiger partial charge in [-0.3, -0.25) is 0 Å². The molecule has 0 radical (unpaired) electrons. The summed E-state index contributed by atoms with van der Waals surface area (Å²) in [5.74, 6) is 0.411. The second kappa shape index (κ2) is 2.67. The zero-order valence-electron chi connectivity index (χ0n) is 5.88. The first-order valence-corrected chi connectivity index (χ1v) is 3.64. The summed E-state index contributed by atoms with van der Waals surface area (Å²) in [5, 5.41) is 9.24. The second-order valence-corrected chi connectivity index (χ2v) is 3.12. The summed E-state index contributed by atoms with van der Waals surface area (Å²) in [6.45, 7) is 2.06. The van der Waals surface area contributed by atoms with Crippen LogP contribution in [0.15, 0.2) is 0 Å². The van der Waals surface area contributed by atoms with E-state index < -0.39 is 0 Å². The van der Waals surface area contributed by atoms with Crippen LogP contribution in [0.4, 0.5) is 0 Å². The Kier molecular flexibility index (Phi) is 2.09. The molecule has 3 N–H and O–H groups in total. The molecule has 0 heterocycles. The molecule has 0 aliphatic heterocycles. The third kappa shape index (κ3) is 1.66. The van der Waals surface area contributed by atoms with Gasteiger partial charge >= 0.3 is 0 Å². The van der Waals surface area contributed by atoms with Crippen molar-refractivity contribution >= 4 is 0 Å². The molecule has 2 nitrogen and oxygen atoms in total. The fraction of sp³-hybridized carbons (Fsp3) is 1.00. The molecule has 0 bridgehead atoms. The Morgan fingerprint density at radius 1 is 1.44 bits per heavy atom. The molecule has 9 heavy (non-hydrogen) atoms. The quantitative estimate of drug-likeness (QED) is 0.500. The van der Waals surface area contributed by atoms with E-state index in [-0.39, 0.29) is 6.10 Å². The molecule has 0 aromatic rings. The minimum atomic E-state index is -0.0928. The molecule has 2 heteroatoms. The molecule has 1 aliphatic rings. The van der Waals surface area contributed by atoms with E-state index in [1.807, 2.05) is 0 Å². The highest BCUT2D eigenvalue weighted by Crippen LogP contribution is 2.22. The predicted molar refractivity (Wildman–Crippen MR) is 37.0 cm³/mol. The molecule has 54 valence electrons. The van der Waals surface area contributed by atoms with Gasteiger partial charge in [-0.15, -0.1) is 0 Å². The van der Waals surface area contributed by atoms with E-state index in [4.69, 9.17) is 5.73 Å². The first kappa shape index (κ1) is 7.03. The topological polar surface area (TPSA) is 46.2 Å². The van der Waals surface area contributed by atoms with E-state index >= 15 is 0 Å². The fourth-order valence-corrected chi connectivity index (χ4v) is 1.42. The Morgan fingerprint density at radius 3 is 2.56 bits per heavy atom. The zero-order chi connectivity index (χ0) is 6.85. The van der Waals surface area contributed by atoms with E-state index in [0.717, 1.165) is 19.3 Å². The Labute approximate surface area is 56.1 Å². The number of aliphatic hydroxyl groups excluding tert-OH is 1. The van der Waals surface area contributed by atoms with Gasteiger partial charge in [0.2, 0.25) is 0 Å². The summed E-state index contributed by atoms with van der Waals surface area (Å²) in [6, 6.07) is 0.336. The van der Waals surface area contributed by atoms with Gasteiger partial charge in [-0.1, -0.05) is 6.92 Å². The third-order valence-corrected chi connectivity index (χ3v) is 2.16. The average Bonchev–Trinajstić information content (AvgIpc) is 1.80. The molecule has 0 spiro atoms. The summed E-state index contributed by atoms with van der Waals surface area (Å²) in [4.78, 5) is 0. The van der Waals surface area contributed by atoms with Crippen molar-refractivity contribution in [3.05, 3.63) is 0 Å². The standard InChI is InChI=1S/C7H15NO/c1-5-4-6(8)2-3-7(5)9/h5-7,9H,2-4,8H2,1H3/t5-,6+,7?/m1/s1. The first-order valence-electron chi connectivity index (χ1n) is 3.64. The van der Waals surface area contributed by atoms with Gasteiger partial charge in [-0.05, 0) is 25.2 Å². The molecule has 0 saturated heterocycles. The molecule has 1 fully saturated rings. The lowest BCUT2D eigenvalue weighted by Crippen LogP contribution is -2.34. The second-order valence-electron chi connectivity index (χ2n) is 3.12. The van der Waals surface area contributed by atoms with Crippen LogP contribution in [0.2, 0.25) is 0 Å². The Hall–Kier alpha value is -0.0800. The van der Waals surface area contributed by atoms with Crippen LogP contribution in [0.1, 0.15) is 26.2 Å². The van der Waals surface area contributed by atoms with Crippen LogP contribution in [-0.4, -0.2) is 17.3 Å². The maximum absolute atomic E-state index is 9.24.